The first-order chi connectivity index (χ1) is 12.0. The van der Waals surface area contributed by atoms with Gasteiger partial charge in [0.25, 0.3) is 0 Å². The molecule has 0 atom stereocenters. The summed E-state index contributed by atoms with van der Waals surface area (Å²) in [6.07, 6.45) is 0. The van der Waals surface area contributed by atoms with Crippen LogP contribution in [-0.2, 0) is 11.3 Å². The molecule has 1 fully saturated rings. The highest BCUT2D eigenvalue weighted by Gasteiger charge is 2.28. The maximum Gasteiger partial charge on any atom is 0.315 e. The molecule has 2 amide bonds. The highest BCUT2D eigenvalue weighted by Crippen LogP contribution is 2.30. The van der Waals surface area contributed by atoms with E-state index in [2.05, 4.69) is 29.4 Å². The Morgan fingerprint density at radius 2 is 1.80 bits per heavy atom. The lowest BCUT2D eigenvalue weighted by molar-refractivity contribution is -0.00874. The molecule has 1 aromatic carbocycles. The number of ether oxygens (including phenoxy) is 3. The summed E-state index contributed by atoms with van der Waals surface area (Å²) >= 11 is 0. The van der Waals surface area contributed by atoms with Gasteiger partial charge in [0.1, 0.15) is 13.2 Å². The third-order valence-corrected chi connectivity index (χ3v) is 4.61. The average Bonchev–Trinajstić information content (AvgIpc) is 2.65. The van der Waals surface area contributed by atoms with Crippen molar-refractivity contribution >= 4 is 6.03 Å². The summed E-state index contributed by atoms with van der Waals surface area (Å²) in [7, 11) is 0. The predicted octanol–water partition coefficient (Wildman–Crippen LogP) is 1.37. The number of nitrogens with zero attached hydrogens (tertiary/aromatic N) is 1. The summed E-state index contributed by atoms with van der Waals surface area (Å²) in [6.45, 7) is 9.73. The lowest BCUT2D eigenvalue weighted by atomic mass is 10.0. The highest BCUT2D eigenvalue weighted by molar-refractivity contribution is 5.74. The van der Waals surface area contributed by atoms with E-state index >= 15 is 0 Å². The minimum atomic E-state index is -0.170. The van der Waals surface area contributed by atoms with Crippen LogP contribution in [0.5, 0.6) is 11.5 Å². The van der Waals surface area contributed by atoms with Gasteiger partial charge in [0, 0.05) is 31.7 Å². The second kappa shape index (κ2) is 7.93. The molecule has 7 heteroatoms. The van der Waals surface area contributed by atoms with Crippen LogP contribution in [0.1, 0.15) is 19.4 Å². The molecule has 0 radical (unpaired) electrons. The fourth-order valence-corrected chi connectivity index (χ4v) is 3.02. The van der Waals surface area contributed by atoms with Gasteiger partial charge in [0.05, 0.1) is 13.2 Å². The molecule has 3 rings (SSSR count). The zero-order chi connectivity index (χ0) is 17.7. The zero-order valence-corrected chi connectivity index (χ0v) is 15.0. The number of fused-ring (bicyclic) bond motifs is 1. The Kier molecular flexibility index (Phi) is 5.65. The maximum absolute atomic E-state index is 12.1. The number of nitrogens with one attached hydrogen (secondary N) is 2. The average molecular weight is 349 g/mol. The molecular formula is C18H27N3O4. The van der Waals surface area contributed by atoms with Crippen LogP contribution in [0.2, 0.25) is 0 Å². The lowest BCUT2D eigenvalue weighted by Gasteiger charge is -2.40. The lowest BCUT2D eigenvalue weighted by Crippen LogP contribution is -2.56. The third kappa shape index (κ3) is 4.76. The van der Waals surface area contributed by atoms with Gasteiger partial charge < -0.3 is 24.8 Å². The van der Waals surface area contributed by atoms with Crippen LogP contribution in [0, 0.1) is 0 Å². The number of benzene rings is 1. The molecule has 0 saturated carbocycles. The zero-order valence-electron chi connectivity index (χ0n) is 15.0. The van der Waals surface area contributed by atoms with Gasteiger partial charge in [-0.2, -0.15) is 0 Å². The van der Waals surface area contributed by atoms with Gasteiger partial charge in [-0.1, -0.05) is 6.07 Å². The Bertz CT molecular complexity index is 600. The van der Waals surface area contributed by atoms with E-state index in [0.717, 1.165) is 43.4 Å². The SMILES string of the molecule is CC(C)(CNC(=O)NCc1ccc2c(c1)OCCO2)N1CCOCC1. The fraction of sp³-hybridized carbons (Fsp3) is 0.611. The van der Waals surface area contributed by atoms with Gasteiger partial charge in [0.2, 0.25) is 0 Å². The van der Waals surface area contributed by atoms with Crippen molar-refractivity contribution < 1.29 is 19.0 Å². The molecule has 2 N–H and O–H groups in total. The number of urea groups is 1. The first kappa shape index (κ1) is 17.8. The van der Waals surface area contributed by atoms with Crippen LogP contribution < -0.4 is 20.1 Å². The van der Waals surface area contributed by atoms with E-state index in [-0.39, 0.29) is 11.6 Å². The van der Waals surface area contributed by atoms with Crippen LogP contribution in [0.4, 0.5) is 4.79 Å². The first-order valence-corrected chi connectivity index (χ1v) is 8.78. The summed E-state index contributed by atoms with van der Waals surface area (Å²) in [6, 6.07) is 5.55. The Balaban J connectivity index is 1.45. The minimum absolute atomic E-state index is 0.0991. The normalized spacial score (nSPS) is 17.8. The second-order valence-electron chi connectivity index (χ2n) is 6.93. The van der Waals surface area contributed by atoms with Crippen molar-refractivity contribution in [3.8, 4) is 11.5 Å². The Morgan fingerprint density at radius 3 is 2.56 bits per heavy atom. The standard InChI is InChI=1S/C18H27N3O4/c1-18(2,21-5-7-23-8-6-21)13-20-17(22)19-12-14-3-4-15-16(11-14)25-10-9-24-15/h3-4,11H,5-10,12-13H2,1-2H3,(H2,19,20,22). The molecule has 0 aromatic heterocycles. The molecule has 7 nitrogen and oxygen atoms in total. The van der Waals surface area contributed by atoms with E-state index in [1.807, 2.05) is 18.2 Å². The van der Waals surface area contributed by atoms with Crippen molar-refractivity contribution in [2.24, 2.45) is 0 Å². The van der Waals surface area contributed by atoms with E-state index in [1.54, 1.807) is 0 Å². The number of carbonyl (C=O) groups excluding carboxylic acids is 1. The van der Waals surface area contributed by atoms with Crippen LogP contribution in [-0.4, -0.2) is 62.5 Å². The molecular weight excluding hydrogens is 322 g/mol. The Morgan fingerprint density at radius 1 is 1.08 bits per heavy atom. The predicted molar refractivity (Wildman–Crippen MR) is 94.1 cm³/mol. The van der Waals surface area contributed by atoms with Crippen LogP contribution >= 0.6 is 0 Å². The molecule has 1 aromatic rings. The molecule has 0 unspecified atom stereocenters. The molecule has 2 aliphatic heterocycles. The summed E-state index contributed by atoms with van der Waals surface area (Å²) in [5, 5.41) is 5.86. The van der Waals surface area contributed by atoms with Crippen molar-refractivity contribution in [3.05, 3.63) is 23.8 Å². The summed E-state index contributed by atoms with van der Waals surface area (Å²) in [5.41, 5.74) is 0.879. The Hall–Kier alpha value is -1.99. The molecule has 0 aliphatic carbocycles. The first-order valence-electron chi connectivity index (χ1n) is 8.78. The summed E-state index contributed by atoms with van der Waals surface area (Å²) in [4.78, 5) is 14.5. The van der Waals surface area contributed by atoms with Crippen LogP contribution in [0.15, 0.2) is 18.2 Å². The van der Waals surface area contributed by atoms with Crippen LogP contribution in [0.25, 0.3) is 0 Å². The minimum Gasteiger partial charge on any atom is -0.486 e. The van der Waals surface area contributed by atoms with Crippen LogP contribution in [0.3, 0.4) is 0 Å². The van der Waals surface area contributed by atoms with E-state index in [1.165, 1.54) is 0 Å². The van der Waals surface area contributed by atoms with Crippen molar-refractivity contribution in [2.75, 3.05) is 46.1 Å². The van der Waals surface area contributed by atoms with Gasteiger partial charge >= 0.3 is 6.03 Å². The molecule has 0 bridgehead atoms. The largest absolute Gasteiger partial charge is 0.486 e. The molecule has 25 heavy (non-hydrogen) atoms. The maximum atomic E-state index is 12.1. The monoisotopic (exact) mass is 349 g/mol. The van der Waals surface area contributed by atoms with E-state index in [0.29, 0.717) is 26.3 Å². The molecule has 1 saturated heterocycles. The number of morpholine rings is 1. The van der Waals surface area contributed by atoms with Crippen molar-refractivity contribution in [2.45, 2.75) is 25.9 Å². The summed E-state index contributed by atoms with van der Waals surface area (Å²) in [5.74, 6) is 1.49. The third-order valence-electron chi connectivity index (χ3n) is 4.61. The van der Waals surface area contributed by atoms with Gasteiger partial charge in [-0.15, -0.1) is 0 Å². The van der Waals surface area contributed by atoms with Gasteiger partial charge in [-0.25, -0.2) is 4.79 Å². The van der Waals surface area contributed by atoms with Gasteiger partial charge in [0.15, 0.2) is 11.5 Å². The Labute approximate surface area is 148 Å². The van der Waals surface area contributed by atoms with Gasteiger partial charge in [-0.3, -0.25) is 4.90 Å². The number of amides is 2. The smallest absolute Gasteiger partial charge is 0.315 e. The fourth-order valence-electron chi connectivity index (χ4n) is 3.02. The topological polar surface area (TPSA) is 72.1 Å². The van der Waals surface area contributed by atoms with Crippen molar-refractivity contribution in [1.29, 1.82) is 0 Å². The van der Waals surface area contributed by atoms with Crippen molar-refractivity contribution in [3.63, 3.8) is 0 Å². The van der Waals surface area contributed by atoms with Gasteiger partial charge in [-0.05, 0) is 31.5 Å². The quantitative estimate of drug-likeness (QED) is 0.840. The van der Waals surface area contributed by atoms with E-state index in [9.17, 15) is 4.79 Å². The highest BCUT2D eigenvalue weighted by atomic mass is 16.6. The van der Waals surface area contributed by atoms with E-state index in [4.69, 9.17) is 14.2 Å². The number of rotatable bonds is 5. The van der Waals surface area contributed by atoms with E-state index < -0.39 is 0 Å². The molecule has 2 heterocycles. The number of hydrogen-bond acceptors (Lipinski definition) is 5. The molecule has 138 valence electrons. The number of hydrogen-bond donors (Lipinski definition) is 2. The molecule has 2 aliphatic rings. The number of carbonyl (C=O) groups is 1. The van der Waals surface area contributed by atoms with Crippen molar-refractivity contribution in [1.82, 2.24) is 15.5 Å². The second-order valence-corrected chi connectivity index (χ2v) is 6.93. The molecule has 0 spiro atoms. The summed E-state index contributed by atoms with van der Waals surface area (Å²) < 4.78 is 16.4.